The molecule has 0 radical (unpaired) electrons. The number of nitrogens with zero attached hydrogens (tertiary/aromatic N) is 2. The van der Waals surface area contributed by atoms with E-state index in [-0.39, 0.29) is 54.2 Å². The van der Waals surface area contributed by atoms with Gasteiger partial charge >= 0.3 is 0 Å². The molecule has 0 unspecified atom stereocenters. The maximum Gasteiger partial charge on any atom is 0.269 e. The van der Waals surface area contributed by atoms with Crippen molar-refractivity contribution in [3.8, 4) is 0 Å². The third kappa shape index (κ3) is 5.87. The Hall–Kier alpha value is -3.20. The zero-order valence-corrected chi connectivity index (χ0v) is 22.3. The molecule has 1 N–H and O–H groups in total. The minimum atomic E-state index is -3.92. The van der Waals surface area contributed by atoms with Crippen LogP contribution in [0.5, 0.6) is 0 Å². The highest BCUT2D eigenvalue weighted by Crippen LogP contribution is 2.30. The van der Waals surface area contributed by atoms with Crippen molar-refractivity contribution in [3.05, 3.63) is 65.2 Å². The van der Waals surface area contributed by atoms with Crippen molar-refractivity contribution < 1.29 is 22.8 Å². The van der Waals surface area contributed by atoms with E-state index in [4.69, 9.17) is 0 Å². The Morgan fingerprint density at radius 1 is 1.05 bits per heavy atom. The number of aryl methyl sites for hydroxylation is 1. The van der Waals surface area contributed by atoms with E-state index in [1.165, 1.54) is 18.6 Å². The van der Waals surface area contributed by atoms with E-state index in [1.54, 1.807) is 24.0 Å². The number of carbonyl (C=O) groups excluding carboxylic acids is 3. The van der Waals surface area contributed by atoms with Crippen LogP contribution in [0.2, 0.25) is 0 Å². The van der Waals surface area contributed by atoms with Crippen molar-refractivity contribution >= 4 is 27.7 Å². The predicted molar refractivity (Wildman–Crippen MR) is 140 cm³/mol. The average Bonchev–Trinajstić information content (AvgIpc) is 3.09. The number of carbonyl (C=O) groups is 3. The van der Waals surface area contributed by atoms with Gasteiger partial charge in [-0.1, -0.05) is 55.7 Å². The Balaban J connectivity index is 1.44. The van der Waals surface area contributed by atoms with E-state index < -0.39 is 22.0 Å². The maximum absolute atomic E-state index is 13.4. The lowest BCUT2D eigenvalue weighted by Gasteiger charge is -2.31. The number of hydrogen-bond donors (Lipinski definition) is 1. The van der Waals surface area contributed by atoms with Crippen molar-refractivity contribution in [3.63, 3.8) is 0 Å². The van der Waals surface area contributed by atoms with E-state index in [2.05, 4.69) is 5.32 Å². The second-order valence-electron chi connectivity index (χ2n) is 9.95. The van der Waals surface area contributed by atoms with Gasteiger partial charge in [-0.05, 0) is 56.4 Å². The molecule has 2 aromatic rings. The number of fused-ring (bicyclic) bond motifs is 1. The summed E-state index contributed by atoms with van der Waals surface area (Å²) >= 11 is 0. The first-order valence-electron chi connectivity index (χ1n) is 13.0. The Morgan fingerprint density at radius 3 is 2.43 bits per heavy atom. The molecule has 2 aromatic carbocycles. The van der Waals surface area contributed by atoms with Gasteiger partial charge in [0.1, 0.15) is 10.9 Å². The predicted octanol–water partition coefficient (Wildman–Crippen LogP) is 3.79. The molecule has 0 aromatic heterocycles. The molecule has 198 valence electrons. The summed E-state index contributed by atoms with van der Waals surface area (Å²) in [7, 11) is -3.92. The first-order valence-corrected chi connectivity index (χ1v) is 14.4. The topological polar surface area (TPSA) is 104 Å². The van der Waals surface area contributed by atoms with Crippen LogP contribution in [0, 0.1) is 6.92 Å². The standard InChI is InChI=1S/C28H35N3O5S/c1-20-11-6-7-12-22(20)19-30(21(2)27(33)29-23-13-4-3-5-14-23)26(32)17-10-18-31-28(34)24-15-8-9-16-25(24)37(31,35)36/h6-9,11-12,15-16,21,23H,3-5,10,13-14,17-19H2,1-2H3,(H,29,33)/t21-/m1/s1. The van der Waals surface area contributed by atoms with Crippen LogP contribution in [0.4, 0.5) is 0 Å². The second-order valence-corrected chi connectivity index (χ2v) is 11.8. The van der Waals surface area contributed by atoms with Gasteiger partial charge in [0.25, 0.3) is 15.9 Å². The average molecular weight is 526 g/mol. The van der Waals surface area contributed by atoms with Gasteiger partial charge in [0.2, 0.25) is 11.8 Å². The second kappa shape index (κ2) is 11.5. The lowest BCUT2D eigenvalue weighted by atomic mass is 9.95. The van der Waals surface area contributed by atoms with E-state index in [1.807, 2.05) is 31.2 Å². The Kier molecular flexibility index (Phi) is 8.32. The largest absolute Gasteiger partial charge is 0.352 e. The van der Waals surface area contributed by atoms with Crippen LogP contribution < -0.4 is 5.32 Å². The molecule has 0 spiro atoms. The summed E-state index contributed by atoms with van der Waals surface area (Å²) in [6.07, 6.45) is 5.44. The molecular formula is C28H35N3O5S. The number of rotatable bonds is 9. The van der Waals surface area contributed by atoms with Gasteiger partial charge in [-0.25, -0.2) is 12.7 Å². The number of hydrogen-bond acceptors (Lipinski definition) is 5. The zero-order valence-electron chi connectivity index (χ0n) is 21.5. The first kappa shape index (κ1) is 26.9. The summed E-state index contributed by atoms with van der Waals surface area (Å²) in [5.74, 6) is -1.00. The van der Waals surface area contributed by atoms with Gasteiger partial charge in [0, 0.05) is 25.6 Å². The van der Waals surface area contributed by atoms with Crippen LogP contribution in [0.25, 0.3) is 0 Å². The minimum absolute atomic E-state index is 0.000474. The molecule has 2 aliphatic rings. The van der Waals surface area contributed by atoms with Crippen LogP contribution in [-0.2, 0) is 26.2 Å². The van der Waals surface area contributed by atoms with Crippen LogP contribution in [-0.4, -0.2) is 54.0 Å². The first-order chi connectivity index (χ1) is 17.7. The lowest BCUT2D eigenvalue weighted by molar-refractivity contribution is -0.141. The van der Waals surface area contributed by atoms with Crippen LogP contribution >= 0.6 is 0 Å². The summed E-state index contributed by atoms with van der Waals surface area (Å²) in [5.41, 5.74) is 2.12. The third-order valence-electron chi connectivity index (χ3n) is 7.38. The van der Waals surface area contributed by atoms with Gasteiger partial charge < -0.3 is 10.2 Å². The van der Waals surface area contributed by atoms with Gasteiger partial charge in [-0.2, -0.15) is 0 Å². The van der Waals surface area contributed by atoms with Crippen LogP contribution in [0.15, 0.2) is 53.4 Å². The monoisotopic (exact) mass is 525 g/mol. The summed E-state index contributed by atoms with van der Waals surface area (Å²) in [5, 5.41) is 3.12. The quantitative estimate of drug-likeness (QED) is 0.537. The minimum Gasteiger partial charge on any atom is -0.352 e. The third-order valence-corrected chi connectivity index (χ3v) is 9.23. The molecule has 1 heterocycles. The molecule has 8 nitrogen and oxygen atoms in total. The molecule has 1 aliphatic heterocycles. The van der Waals surface area contributed by atoms with Gasteiger partial charge in [-0.3, -0.25) is 14.4 Å². The summed E-state index contributed by atoms with van der Waals surface area (Å²) < 4.78 is 26.5. The van der Waals surface area contributed by atoms with Crippen LogP contribution in [0.3, 0.4) is 0 Å². The van der Waals surface area contributed by atoms with E-state index in [9.17, 15) is 22.8 Å². The lowest BCUT2D eigenvalue weighted by Crippen LogP contribution is -2.50. The fraction of sp³-hybridized carbons (Fsp3) is 0.464. The van der Waals surface area contributed by atoms with E-state index in [0.717, 1.165) is 41.1 Å². The van der Waals surface area contributed by atoms with Gasteiger partial charge in [0.15, 0.2) is 0 Å². The molecule has 0 bridgehead atoms. The van der Waals surface area contributed by atoms with Crippen molar-refractivity contribution in [1.29, 1.82) is 0 Å². The fourth-order valence-electron chi connectivity index (χ4n) is 5.09. The van der Waals surface area contributed by atoms with Gasteiger partial charge in [-0.15, -0.1) is 0 Å². The van der Waals surface area contributed by atoms with Crippen molar-refractivity contribution in [2.75, 3.05) is 6.54 Å². The number of sulfonamides is 1. The summed E-state index contributed by atoms with van der Waals surface area (Å²) in [4.78, 5) is 40.8. The fourth-order valence-corrected chi connectivity index (χ4v) is 6.70. The highest BCUT2D eigenvalue weighted by molar-refractivity contribution is 7.90. The molecule has 9 heteroatoms. The van der Waals surface area contributed by atoms with Gasteiger partial charge in [0.05, 0.1) is 5.56 Å². The summed E-state index contributed by atoms with van der Waals surface area (Å²) in [6, 6.07) is 13.3. The Bertz CT molecular complexity index is 1270. The molecule has 1 saturated carbocycles. The SMILES string of the molecule is Cc1ccccc1CN(C(=O)CCCN1C(=O)c2ccccc2S1(=O)=O)[C@H](C)C(=O)NC1CCCCC1. The molecule has 0 saturated heterocycles. The van der Waals surface area contributed by atoms with E-state index >= 15 is 0 Å². The van der Waals surface area contributed by atoms with Crippen LogP contribution in [0.1, 0.15) is 73.4 Å². The normalized spacial score (nSPS) is 17.8. The maximum atomic E-state index is 13.4. The highest BCUT2D eigenvalue weighted by Gasteiger charge is 2.40. The molecule has 1 atom stereocenters. The Morgan fingerprint density at radius 2 is 1.73 bits per heavy atom. The zero-order chi connectivity index (χ0) is 26.6. The number of nitrogens with one attached hydrogen (secondary N) is 1. The molecule has 37 heavy (non-hydrogen) atoms. The molecule has 4 rings (SSSR count). The van der Waals surface area contributed by atoms with Crippen molar-refractivity contribution in [1.82, 2.24) is 14.5 Å². The smallest absolute Gasteiger partial charge is 0.269 e. The summed E-state index contributed by atoms with van der Waals surface area (Å²) in [6.45, 7) is 3.88. The molecule has 1 fully saturated rings. The van der Waals surface area contributed by atoms with E-state index in [0.29, 0.717) is 0 Å². The van der Waals surface area contributed by atoms with Crippen molar-refractivity contribution in [2.24, 2.45) is 0 Å². The molecule has 1 aliphatic carbocycles. The number of amides is 3. The Labute approximate surface area is 219 Å². The van der Waals surface area contributed by atoms with Crippen molar-refractivity contribution in [2.45, 2.75) is 82.3 Å². The molecular weight excluding hydrogens is 490 g/mol. The number of benzene rings is 2. The molecule has 3 amide bonds. The highest BCUT2D eigenvalue weighted by atomic mass is 32.2.